The summed E-state index contributed by atoms with van der Waals surface area (Å²) in [7, 11) is 0. The molecule has 4 nitrogen and oxygen atoms in total. The maximum atomic E-state index is 4.17. The molecule has 1 atom stereocenters. The molecule has 0 aliphatic rings. The Morgan fingerprint density at radius 1 is 1.15 bits per heavy atom. The first-order chi connectivity index (χ1) is 6.36. The van der Waals surface area contributed by atoms with Crippen LogP contribution in [0, 0.1) is 0 Å². The molecule has 0 radical (unpaired) electrons. The molecule has 13 heavy (non-hydrogen) atoms. The van der Waals surface area contributed by atoms with E-state index in [4.69, 9.17) is 0 Å². The third kappa shape index (κ3) is 1.77. The number of hydrogen-bond donors (Lipinski definition) is 0. The molecule has 0 aromatic carbocycles. The Bertz CT molecular complexity index is 336. The summed E-state index contributed by atoms with van der Waals surface area (Å²) in [5.41, 5.74) is 0. The molecule has 0 N–H and O–H groups in total. The van der Waals surface area contributed by atoms with Crippen LogP contribution in [0.25, 0.3) is 0 Å². The van der Waals surface area contributed by atoms with Crippen LogP contribution in [0.3, 0.4) is 0 Å². The zero-order valence-electron chi connectivity index (χ0n) is 7.54. The summed E-state index contributed by atoms with van der Waals surface area (Å²) in [5, 5.41) is 8.31. The smallest absolute Gasteiger partial charge is 0.0686 e. The molecular formula is C9H12N4. The monoisotopic (exact) mass is 176 g/mol. The maximum Gasteiger partial charge on any atom is 0.0686 e. The van der Waals surface area contributed by atoms with E-state index in [9.17, 15) is 0 Å². The van der Waals surface area contributed by atoms with Gasteiger partial charge in [-0.2, -0.15) is 10.2 Å². The van der Waals surface area contributed by atoms with Crippen LogP contribution in [0.1, 0.15) is 13.0 Å². The molecule has 0 saturated heterocycles. The number of nitrogens with zero attached hydrogens (tertiary/aromatic N) is 4. The van der Waals surface area contributed by atoms with Crippen LogP contribution in [-0.2, 0) is 6.54 Å². The van der Waals surface area contributed by atoms with Crippen molar-refractivity contribution in [3.05, 3.63) is 36.9 Å². The van der Waals surface area contributed by atoms with Gasteiger partial charge in [0.2, 0.25) is 0 Å². The fourth-order valence-corrected chi connectivity index (χ4v) is 1.30. The average Bonchev–Trinajstić information content (AvgIpc) is 2.74. The van der Waals surface area contributed by atoms with Gasteiger partial charge in [0.1, 0.15) is 0 Å². The zero-order chi connectivity index (χ0) is 9.10. The third-order valence-corrected chi connectivity index (χ3v) is 1.99. The van der Waals surface area contributed by atoms with E-state index in [2.05, 4.69) is 17.1 Å². The fourth-order valence-electron chi connectivity index (χ4n) is 1.30. The van der Waals surface area contributed by atoms with E-state index >= 15 is 0 Å². The van der Waals surface area contributed by atoms with Gasteiger partial charge in [-0.1, -0.05) is 0 Å². The Balaban J connectivity index is 2.04. The lowest BCUT2D eigenvalue weighted by molar-refractivity contribution is 0.405. The van der Waals surface area contributed by atoms with Crippen molar-refractivity contribution in [2.45, 2.75) is 19.5 Å². The lowest BCUT2D eigenvalue weighted by atomic mass is 10.3. The third-order valence-electron chi connectivity index (χ3n) is 1.99. The minimum absolute atomic E-state index is 0.342. The highest BCUT2D eigenvalue weighted by Crippen LogP contribution is 2.05. The normalized spacial score (nSPS) is 13.0. The molecule has 0 amide bonds. The molecule has 0 bridgehead atoms. The highest BCUT2D eigenvalue weighted by molar-refractivity contribution is 4.82. The minimum atomic E-state index is 0.342. The second-order valence-corrected chi connectivity index (χ2v) is 3.06. The summed E-state index contributed by atoms with van der Waals surface area (Å²) >= 11 is 0. The Hall–Kier alpha value is -1.58. The summed E-state index contributed by atoms with van der Waals surface area (Å²) in [6.45, 7) is 2.98. The van der Waals surface area contributed by atoms with Gasteiger partial charge in [0.15, 0.2) is 0 Å². The first-order valence-corrected chi connectivity index (χ1v) is 4.33. The number of rotatable bonds is 3. The lowest BCUT2D eigenvalue weighted by Gasteiger charge is -2.11. The summed E-state index contributed by atoms with van der Waals surface area (Å²) < 4.78 is 3.84. The predicted octanol–water partition coefficient (Wildman–Crippen LogP) is 1.34. The van der Waals surface area contributed by atoms with Crippen LogP contribution in [-0.4, -0.2) is 19.6 Å². The molecule has 2 heterocycles. The van der Waals surface area contributed by atoms with E-state index in [-0.39, 0.29) is 0 Å². The van der Waals surface area contributed by atoms with Crippen LogP contribution in [0.5, 0.6) is 0 Å². The molecule has 2 aromatic rings. The van der Waals surface area contributed by atoms with Crippen molar-refractivity contribution >= 4 is 0 Å². The van der Waals surface area contributed by atoms with E-state index in [1.807, 2.05) is 33.9 Å². The molecule has 0 spiro atoms. The largest absolute Gasteiger partial charge is 0.271 e. The van der Waals surface area contributed by atoms with Gasteiger partial charge in [0, 0.05) is 24.8 Å². The SMILES string of the molecule is CC(Cn1cccn1)n1cccn1. The maximum absolute atomic E-state index is 4.17. The summed E-state index contributed by atoms with van der Waals surface area (Å²) in [4.78, 5) is 0. The molecule has 2 rings (SSSR count). The van der Waals surface area contributed by atoms with E-state index in [0.29, 0.717) is 6.04 Å². The summed E-state index contributed by atoms with van der Waals surface area (Å²) in [5.74, 6) is 0. The molecule has 0 fully saturated rings. The van der Waals surface area contributed by atoms with Gasteiger partial charge >= 0.3 is 0 Å². The van der Waals surface area contributed by atoms with Crippen molar-refractivity contribution in [1.29, 1.82) is 0 Å². The molecule has 0 aliphatic carbocycles. The van der Waals surface area contributed by atoms with Crippen molar-refractivity contribution in [1.82, 2.24) is 19.6 Å². The van der Waals surface area contributed by atoms with Crippen molar-refractivity contribution in [2.75, 3.05) is 0 Å². The molecule has 2 aromatic heterocycles. The van der Waals surface area contributed by atoms with E-state index in [1.165, 1.54) is 0 Å². The van der Waals surface area contributed by atoms with E-state index < -0.39 is 0 Å². The van der Waals surface area contributed by atoms with Crippen molar-refractivity contribution < 1.29 is 0 Å². The van der Waals surface area contributed by atoms with Gasteiger partial charge in [-0.15, -0.1) is 0 Å². The fraction of sp³-hybridized carbons (Fsp3) is 0.333. The topological polar surface area (TPSA) is 35.6 Å². The molecule has 1 unspecified atom stereocenters. The Morgan fingerprint density at radius 2 is 1.92 bits per heavy atom. The zero-order valence-corrected chi connectivity index (χ0v) is 7.54. The molecular weight excluding hydrogens is 164 g/mol. The molecule has 0 aliphatic heterocycles. The van der Waals surface area contributed by atoms with E-state index in [1.54, 1.807) is 12.4 Å². The predicted molar refractivity (Wildman–Crippen MR) is 49.2 cm³/mol. The van der Waals surface area contributed by atoms with Crippen molar-refractivity contribution in [2.24, 2.45) is 0 Å². The van der Waals surface area contributed by atoms with Gasteiger partial charge in [0.25, 0.3) is 0 Å². The van der Waals surface area contributed by atoms with Crippen LogP contribution in [0.2, 0.25) is 0 Å². The van der Waals surface area contributed by atoms with Crippen LogP contribution < -0.4 is 0 Å². The first-order valence-electron chi connectivity index (χ1n) is 4.33. The molecule has 4 heteroatoms. The minimum Gasteiger partial charge on any atom is -0.271 e. The highest BCUT2D eigenvalue weighted by atomic mass is 15.3. The van der Waals surface area contributed by atoms with Crippen molar-refractivity contribution in [3.8, 4) is 0 Å². The van der Waals surface area contributed by atoms with E-state index in [0.717, 1.165) is 6.54 Å². The van der Waals surface area contributed by atoms with Crippen molar-refractivity contribution in [3.63, 3.8) is 0 Å². The average molecular weight is 176 g/mol. The quantitative estimate of drug-likeness (QED) is 0.707. The van der Waals surface area contributed by atoms with Gasteiger partial charge in [-0.25, -0.2) is 0 Å². The number of hydrogen-bond acceptors (Lipinski definition) is 2. The lowest BCUT2D eigenvalue weighted by Crippen LogP contribution is -2.13. The second kappa shape index (κ2) is 3.43. The Labute approximate surface area is 76.8 Å². The highest BCUT2D eigenvalue weighted by Gasteiger charge is 2.04. The van der Waals surface area contributed by atoms with Gasteiger partial charge in [-0.05, 0) is 19.1 Å². The van der Waals surface area contributed by atoms with Gasteiger partial charge in [-0.3, -0.25) is 9.36 Å². The standard InChI is InChI=1S/C9H12N4/c1-9(13-7-3-5-11-13)8-12-6-2-4-10-12/h2-7,9H,8H2,1H3. The van der Waals surface area contributed by atoms with Crippen LogP contribution in [0.4, 0.5) is 0 Å². The van der Waals surface area contributed by atoms with Gasteiger partial charge < -0.3 is 0 Å². The molecule has 0 saturated carbocycles. The summed E-state index contributed by atoms with van der Waals surface area (Å²) in [6.07, 6.45) is 7.50. The molecule has 68 valence electrons. The number of aromatic nitrogens is 4. The Morgan fingerprint density at radius 3 is 2.54 bits per heavy atom. The van der Waals surface area contributed by atoms with Crippen LogP contribution >= 0.6 is 0 Å². The van der Waals surface area contributed by atoms with Gasteiger partial charge in [0.05, 0.1) is 12.6 Å². The summed E-state index contributed by atoms with van der Waals surface area (Å²) in [6, 6.07) is 4.20. The first kappa shape index (κ1) is 8.04. The second-order valence-electron chi connectivity index (χ2n) is 3.06. The van der Waals surface area contributed by atoms with Crippen LogP contribution in [0.15, 0.2) is 36.9 Å². The Kier molecular flexibility index (Phi) is 2.12.